The highest BCUT2D eigenvalue weighted by Gasteiger charge is 2.39. The maximum Gasteiger partial charge on any atom is 0.278 e. The molecule has 1 fully saturated rings. The molecule has 2 aromatic carbocycles. The number of benzene rings is 2. The first-order chi connectivity index (χ1) is 17.0. The van der Waals surface area contributed by atoms with Crippen molar-refractivity contribution in [3.63, 3.8) is 0 Å². The summed E-state index contributed by atoms with van der Waals surface area (Å²) >= 11 is 0. The van der Waals surface area contributed by atoms with E-state index in [-0.39, 0.29) is 18.4 Å². The topological polar surface area (TPSA) is 65.5 Å². The van der Waals surface area contributed by atoms with Crippen molar-refractivity contribution in [1.82, 2.24) is 9.88 Å². The van der Waals surface area contributed by atoms with Crippen LogP contribution in [0.1, 0.15) is 36.6 Å². The molecule has 5 rings (SSSR count). The highest BCUT2D eigenvalue weighted by atomic mass is 16.2. The SMILES string of the molecule is Cc1ccc(C2=C(Nc3ccc(N4CCC(C)CC4)cc3)C(=O)N(Cc3ccccn3)C2=O)cc1. The number of rotatable bonds is 6. The molecule has 1 saturated heterocycles. The van der Waals surface area contributed by atoms with Crippen molar-refractivity contribution in [2.45, 2.75) is 33.2 Å². The molecular formula is C29H30N4O2. The van der Waals surface area contributed by atoms with E-state index in [0.29, 0.717) is 17.0 Å². The van der Waals surface area contributed by atoms with Gasteiger partial charge in [-0.15, -0.1) is 0 Å². The molecule has 1 N–H and O–H groups in total. The maximum absolute atomic E-state index is 13.5. The maximum atomic E-state index is 13.5. The van der Waals surface area contributed by atoms with Gasteiger partial charge in [0.2, 0.25) is 0 Å². The summed E-state index contributed by atoms with van der Waals surface area (Å²) in [5.74, 6) is 0.121. The number of hydrogen-bond acceptors (Lipinski definition) is 5. The van der Waals surface area contributed by atoms with Crippen LogP contribution in [0.3, 0.4) is 0 Å². The van der Waals surface area contributed by atoms with Crippen molar-refractivity contribution < 1.29 is 9.59 Å². The van der Waals surface area contributed by atoms with E-state index in [4.69, 9.17) is 0 Å². The summed E-state index contributed by atoms with van der Waals surface area (Å²) in [6, 6.07) is 21.3. The Balaban J connectivity index is 1.43. The normalized spacial score (nSPS) is 16.9. The van der Waals surface area contributed by atoms with Crippen molar-refractivity contribution in [3.05, 3.63) is 95.4 Å². The quantitative estimate of drug-likeness (QED) is 0.517. The number of aryl methyl sites for hydroxylation is 1. The Bertz CT molecular complexity index is 1240. The average molecular weight is 467 g/mol. The minimum absolute atomic E-state index is 0.130. The number of pyridine rings is 1. The van der Waals surface area contributed by atoms with Crippen LogP contribution in [0.2, 0.25) is 0 Å². The van der Waals surface area contributed by atoms with Gasteiger partial charge in [0.25, 0.3) is 11.8 Å². The first kappa shape index (κ1) is 22.8. The van der Waals surface area contributed by atoms with Crippen molar-refractivity contribution >= 4 is 28.8 Å². The van der Waals surface area contributed by atoms with Gasteiger partial charge < -0.3 is 10.2 Å². The summed E-state index contributed by atoms with van der Waals surface area (Å²) in [4.78, 5) is 34.9. The molecule has 0 spiro atoms. The molecule has 1 aromatic heterocycles. The van der Waals surface area contributed by atoms with E-state index in [1.807, 2.05) is 61.5 Å². The summed E-state index contributed by atoms with van der Waals surface area (Å²) in [5.41, 5.74) is 5.13. The third-order valence-corrected chi connectivity index (χ3v) is 6.84. The van der Waals surface area contributed by atoms with E-state index in [0.717, 1.165) is 35.8 Å². The fourth-order valence-corrected chi connectivity index (χ4v) is 4.64. The predicted molar refractivity (Wildman–Crippen MR) is 139 cm³/mol. The van der Waals surface area contributed by atoms with Gasteiger partial charge in [0.15, 0.2) is 0 Å². The van der Waals surface area contributed by atoms with Crippen molar-refractivity contribution in [3.8, 4) is 0 Å². The lowest BCUT2D eigenvalue weighted by Crippen LogP contribution is -2.32. The Labute approximate surface area is 206 Å². The molecule has 35 heavy (non-hydrogen) atoms. The van der Waals surface area contributed by atoms with Gasteiger partial charge in [-0.25, -0.2) is 0 Å². The predicted octanol–water partition coefficient (Wildman–Crippen LogP) is 5.02. The van der Waals surface area contributed by atoms with E-state index >= 15 is 0 Å². The van der Waals surface area contributed by atoms with E-state index in [1.54, 1.807) is 6.20 Å². The van der Waals surface area contributed by atoms with Gasteiger partial charge in [-0.2, -0.15) is 0 Å². The Kier molecular flexibility index (Phi) is 6.36. The highest BCUT2D eigenvalue weighted by Crippen LogP contribution is 2.32. The van der Waals surface area contributed by atoms with Gasteiger partial charge in [-0.3, -0.25) is 19.5 Å². The molecular weight excluding hydrogens is 436 g/mol. The molecule has 0 unspecified atom stereocenters. The molecule has 6 heteroatoms. The van der Waals surface area contributed by atoms with Crippen LogP contribution in [0, 0.1) is 12.8 Å². The van der Waals surface area contributed by atoms with Gasteiger partial charge in [0.1, 0.15) is 5.70 Å². The van der Waals surface area contributed by atoms with Gasteiger partial charge in [0, 0.05) is 30.7 Å². The molecule has 2 aliphatic heterocycles. The third kappa shape index (κ3) is 4.83. The van der Waals surface area contributed by atoms with Crippen LogP contribution >= 0.6 is 0 Å². The molecule has 2 amide bonds. The molecule has 178 valence electrons. The van der Waals surface area contributed by atoms with Gasteiger partial charge >= 0.3 is 0 Å². The van der Waals surface area contributed by atoms with Crippen LogP contribution in [0.15, 0.2) is 78.6 Å². The first-order valence-corrected chi connectivity index (χ1v) is 12.2. The average Bonchev–Trinajstić information content (AvgIpc) is 3.10. The van der Waals surface area contributed by atoms with Gasteiger partial charge in [0.05, 0.1) is 17.8 Å². The standard InChI is InChI=1S/C29H30N4O2/c1-20-6-8-22(9-7-20)26-27(29(35)33(28(26)34)19-24-5-3-4-16-30-24)31-23-10-12-25(13-11-23)32-17-14-21(2)15-18-32/h3-13,16,21,31H,14-15,17-19H2,1-2H3. The lowest BCUT2D eigenvalue weighted by atomic mass is 9.99. The smallest absolute Gasteiger partial charge is 0.278 e. The van der Waals surface area contributed by atoms with Crippen LogP contribution in [0.5, 0.6) is 0 Å². The van der Waals surface area contributed by atoms with Crippen molar-refractivity contribution in [1.29, 1.82) is 0 Å². The summed E-state index contributed by atoms with van der Waals surface area (Å²) < 4.78 is 0. The number of amides is 2. The molecule has 0 saturated carbocycles. The molecule has 2 aliphatic rings. The molecule has 0 aliphatic carbocycles. The van der Waals surface area contributed by atoms with E-state index < -0.39 is 0 Å². The number of carbonyl (C=O) groups excluding carboxylic acids is 2. The molecule has 0 atom stereocenters. The zero-order chi connectivity index (χ0) is 24.4. The lowest BCUT2D eigenvalue weighted by Gasteiger charge is -2.32. The minimum atomic E-state index is -0.342. The number of piperidine rings is 1. The Morgan fingerprint density at radius 3 is 2.29 bits per heavy atom. The zero-order valence-electron chi connectivity index (χ0n) is 20.2. The van der Waals surface area contributed by atoms with Crippen LogP contribution in [-0.4, -0.2) is 34.8 Å². The van der Waals surface area contributed by atoms with Gasteiger partial charge in [-0.05, 0) is 67.6 Å². The fraction of sp³-hybridized carbons (Fsp3) is 0.276. The molecule has 0 bridgehead atoms. The second-order valence-corrected chi connectivity index (χ2v) is 9.47. The Morgan fingerprint density at radius 2 is 1.63 bits per heavy atom. The number of nitrogens with zero attached hydrogens (tertiary/aromatic N) is 3. The number of nitrogens with one attached hydrogen (secondary N) is 1. The molecule has 6 nitrogen and oxygen atoms in total. The Hall–Kier alpha value is -3.93. The van der Waals surface area contributed by atoms with Gasteiger partial charge in [-0.1, -0.05) is 42.8 Å². The first-order valence-electron chi connectivity index (χ1n) is 12.2. The Morgan fingerprint density at radius 1 is 0.914 bits per heavy atom. The number of imide groups is 1. The number of carbonyl (C=O) groups is 2. The largest absolute Gasteiger partial charge is 0.372 e. The monoisotopic (exact) mass is 466 g/mol. The summed E-state index contributed by atoms with van der Waals surface area (Å²) in [6.07, 6.45) is 4.07. The van der Waals surface area contributed by atoms with Crippen LogP contribution in [0.25, 0.3) is 5.57 Å². The number of aromatic nitrogens is 1. The summed E-state index contributed by atoms with van der Waals surface area (Å²) in [6.45, 7) is 6.56. The summed E-state index contributed by atoms with van der Waals surface area (Å²) in [7, 11) is 0. The zero-order valence-corrected chi connectivity index (χ0v) is 20.2. The number of hydrogen-bond donors (Lipinski definition) is 1. The lowest BCUT2D eigenvalue weighted by molar-refractivity contribution is -0.137. The molecule has 0 radical (unpaired) electrons. The van der Waals surface area contributed by atoms with Crippen molar-refractivity contribution in [2.24, 2.45) is 5.92 Å². The summed E-state index contributed by atoms with van der Waals surface area (Å²) in [5, 5.41) is 3.27. The highest BCUT2D eigenvalue weighted by molar-refractivity contribution is 6.36. The fourth-order valence-electron chi connectivity index (χ4n) is 4.64. The van der Waals surface area contributed by atoms with Crippen LogP contribution in [0.4, 0.5) is 11.4 Å². The second-order valence-electron chi connectivity index (χ2n) is 9.47. The van der Waals surface area contributed by atoms with Crippen molar-refractivity contribution in [2.75, 3.05) is 23.3 Å². The number of anilines is 2. The van der Waals surface area contributed by atoms with E-state index in [1.165, 1.54) is 23.4 Å². The van der Waals surface area contributed by atoms with E-state index in [2.05, 4.69) is 34.3 Å². The van der Waals surface area contributed by atoms with Crippen LogP contribution in [-0.2, 0) is 16.1 Å². The molecule has 3 heterocycles. The third-order valence-electron chi connectivity index (χ3n) is 6.84. The second kappa shape index (κ2) is 9.74. The molecule has 3 aromatic rings. The van der Waals surface area contributed by atoms with Crippen LogP contribution < -0.4 is 10.2 Å². The van der Waals surface area contributed by atoms with E-state index in [9.17, 15) is 9.59 Å². The minimum Gasteiger partial charge on any atom is -0.372 e.